The molecule has 1 N–H and O–H groups in total. The number of hydrogen-bond donors (Lipinski definition) is 1. The Hall–Kier alpha value is -3.95. The van der Waals surface area contributed by atoms with Crippen LogP contribution in [0.3, 0.4) is 0 Å². The molecule has 134 valence electrons. The van der Waals surface area contributed by atoms with Crippen LogP contribution in [0.25, 0.3) is 22.5 Å². The van der Waals surface area contributed by atoms with E-state index in [4.69, 9.17) is 0 Å². The van der Waals surface area contributed by atoms with Crippen molar-refractivity contribution in [1.29, 1.82) is 0 Å². The lowest BCUT2D eigenvalue weighted by molar-refractivity contribution is -0.116. The second-order valence-electron chi connectivity index (χ2n) is 5.77. The van der Waals surface area contributed by atoms with Gasteiger partial charge in [-0.15, -0.1) is 5.10 Å². The molecule has 10 heteroatoms. The third-order valence-corrected chi connectivity index (χ3v) is 3.73. The van der Waals surface area contributed by atoms with Crippen molar-refractivity contribution in [2.75, 3.05) is 5.32 Å². The van der Waals surface area contributed by atoms with Crippen LogP contribution >= 0.6 is 0 Å². The molecule has 4 rings (SSSR count). The van der Waals surface area contributed by atoms with Crippen LogP contribution in [-0.4, -0.2) is 45.6 Å². The fourth-order valence-electron chi connectivity index (χ4n) is 2.46. The molecule has 0 saturated heterocycles. The van der Waals surface area contributed by atoms with Gasteiger partial charge in [-0.1, -0.05) is 5.21 Å². The number of rotatable bonds is 5. The number of aromatic nitrogens is 8. The van der Waals surface area contributed by atoms with Crippen molar-refractivity contribution in [2.24, 2.45) is 7.05 Å². The van der Waals surface area contributed by atoms with Gasteiger partial charge in [0.2, 0.25) is 5.91 Å². The highest BCUT2D eigenvalue weighted by Crippen LogP contribution is 2.16. The van der Waals surface area contributed by atoms with Crippen molar-refractivity contribution in [3.8, 4) is 22.5 Å². The Bertz CT molecular complexity index is 1050. The van der Waals surface area contributed by atoms with E-state index >= 15 is 0 Å². The van der Waals surface area contributed by atoms with Crippen LogP contribution in [-0.2, 0) is 18.4 Å². The average Bonchev–Trinajstić information content (AvgIpc) is 3.32. The van der Waals surface area contributed by atoms with Crippen molar-refractivity contribution in [3.05, 3.63) is 55.5 Å². The zero-order valence-corrected chi connectivity index (χ0v) is 14.4. The van der Waals surface area contributed by atoms with E-state index < -0.39 is 0 Å². The molecule has 0 radical (unpaired) electrons. The summed E-state index contributed by atoms with van der Waals surface area (Å²) in [5.41, 5.74) is 3.03. The second-order valence-corrected chi connectivity index (χ2v) is 5.77. The molecular formula is C17H15N9O. The van der Waals surface area contributed by atoms with Gasteiger partial charge in [-0.05, 0) is 12.1 Å². The van der Waals surface area contributed by atoms with Gasteiger partial charge >= 0.3 is 0 Å². The molecule has 0 aliphatic heterocycles. The summed E-state index contributed by atoms with van der Waals surface area (Å²) in [5, 5.41) is 14.8. The zero-order valence-electron chi connectivity index (χ0n) is 14.4. The van der Waals surface area contributed by atoms with Gasteiger partial charge in [0, 0.05) is 43.0 Å². The fraction of sp³-hybridized carbons (Fsp3) is 0.118. The van der Waals surface area contributed by atoms with Gasteiger partial charge in [0.25, 0.3) is 0 Å². The molecule has 27 heavy (non-hydrogen) atoms. The number of aryl methyl sites for hydroxylation is 1. The van der Waals surface area contributed by atoms with Crippen molar-refractivity contribution >= 4 is 11.7 Å². The normalized spacial score (nSPS) is 10.7. The predicted molar refractivity (Wildman–Crippen MR) is 96.1 cm³/mol. The summed E-state index contributed by atoms with van der Waals surface area (Å²) in [5.74, 6) is 0.220. The lowest BCUT2D eigenvalue weighted by atomic mass is 10.2. The Balaban J connectivity index is 1.39. The Morgan fingerprint density at radius 3 is 2.67 bits per heavy atom. The topological polar surface area (TPSA) is 116 Å². The Morgan fingerprint density at radius 2 is 1.96 bits per heavy atom. The smallest absolute Gasteiger partial charge is 0.247 e. The van der Waals surface area contributed by atoms with Gasteiger partial charge in [0.15, 0.2) is 0 Å². The number of carbonyl (C=O) groups is 1. The van der Waals surface area contributed by atoms with E-state index in [1.807, 2.05) is 6.07 Å². The molecule has 0 aliphatic rings. The molecule has 0 aliphatic carbocycles. The van der Waals surface area contributed by atoms with Crippen LogP contribution in [0.5, 0.6) is 0 Å². The van der Waals surface area contributed by atoms with Crippen LogP contribution in [0, 0.1) is 0 Å². The number of hydrogen-bond acceptors (Lipinski definition) is 7. The van der Waals surface area contributed by atoms with E-state index in [9.17, 15) is 4.79 Å². The van der Waals surface area contributed by atoms with E-state index in [-0.39, 0.29) is 12.5 Å². The van der Waals surface area contributed by atoms with Crippen molar-refractivity contribution < 1.29 is 4.79 Å². The first-order valence-corrected chi connectivity index (χ1v) is 8.09. The first-order chi connectivity index (χ1) is 13.2. The van der Waals surface area contributed by atoms with Gasteiger partial charge in [-0.2, -0.15) is 5.10 Å². The number of carbonyl (C=O) groups excluding carboxylic acids is 1. The predicted octanol–water partition coefficient (Wildman–Crippen LogP) is 1.17. The molecule has 1 amide bonds. The quantitative estimate of drug-likeness (QED) is 0.567. The number of nitrogens with zero attached hydrogens (tertiary/aromatic N) is 8. The molecule has 0 atom stereocenters. The van der Waals surface area contributed by atoms with Gasteiger partial charge in [-0.3, -0.25) is 24.1 Å². The van der Waals surface area contributed by atoms with Gasteiger partial charge in [-0.25, -0.2) is 4.98 Å². The highest BCUT2D eigenvalue weighted by Gasteiger charge is 2.09. The highest BCUT2D eigenvalue weighted by molar-refractivity contribution is 5.89. The maximum absolute atomic E-state index is 12.2. The average molecular weight is 361 g/mol. The van der Waals surface area contributed by atoms with Crippen LogP contribution in [0.1, 0.15) is 0 Å². The van der Waals surface area contributed by atoms with Gasteiger partial charge in [0.1, 0.15) is 18.1 Å². The van der Waals surface area contributed by atoms with Crippen LogP contribution in [0.2, 0.25) is 0 Å². The van der Waals surface area contributed by atoms with Gasteiger partial charge < -0.3 is 5.32 Å². The summed E-state index contributed by atoms with van der Waals surface area (Å²) in [7, 11) is 1.79. The first kappa shape index (κ1) is 16.5. The second kappa shape index (κ2) is 7.12. The van der Waals surface area contributed by atoms with Crippen molar-refractivity contribution in [2.45, 2.75) is 6.54 Å². The summed E-state index contributed by atoms with van der Waals surface area (Å²) >= 11 is 0. The van der Waals surface area contributed by atoms with Gasteiger partial charge in [0.05, 0.1) is 24.3 Å². The molecule has 0 saturated carbocycles. The minimum Gasteiger partial charge on any atom is -0.309 e. The third kappa shape index (κ3) is 3.84. The Labute approximate surface area is 153 Å². The Morgan fingerprint density at radius 1 is 1.04 bits per heavy atom. The summed E-state index contributed by atoms with van der Waals surface area (Å²) in [6.07, 6.45) is 11.7. The molecule has 0 fully saturated rings. The van der Waals surface area contributed by atoms with E-state index in [2.05, 4.69) is 35.7 Å². The van der Waals surface area contributed by atoms with Crippen molar-refractivity contribution in [1.82, 2.24) is 39.7 Å². The van der Waals surface area contributed by atoms with E-state index in [1.54, 1.807) is 61.2 Å². The number of anilines is 1. The van der Waals surface area contributed by atoms with Crippen LogP contribution in [0.15, 0.2) is 55.5 Å². The molecule has 0 unspecified atom stereocenters. The maximum Gasteiger partial charge on any atom is 0.247 e. The van der Waals surface area contributed by atoms with E-state index in [1.165, 1.54) is 4.68 Å². The molecule has 4 heterocycles. The first-order valence-electron chi connectivity index (χ1n) is 8.09. The number of nitrogens with one attached hydrogen (secondary N) is 1. The standard InChI is InChI=1S/C17H15N9O/c1-25-10-15(23-24-25)13-7-21-26(9-13)11-17(27)22-16-3-2-12(6-20-16)14-8-18-4-5-19-14/h2-10H,11H2,1H3,(H,20,22,27). The SMILES string of the molecule is Cn1cc(-c2cnn(CC(=O)Nc3ccc(-c4cnccn4)cn3)c2)nn1. The molecule has 0 bridgehead atoms. The summed E-state index contributed by atoms with van der Waals surface area (Å²) in [4.78, 5) is 24.7. The molecule has 4 aromatic heterocycles. The largest absolute Gasteiger partial charge is 0.309 e. The minimum absolute atomic E-state index is 0.0633. The fourth-order valence-corrected chi connectivity index (χ4v) is 2.46. The molecule has 4 aromatic rings. The summed E-state index contributed by atoms with van der Waals surface area (Å²) < 4.78 is 3.14. The maximum atomic E-state index is 12.2. The molecular weight excluding hydrogens is 346 g/mol. The zero-order chi connectivity index (χ0) is 18.6. The summed E-state index contributed by atoms with van der Waals surface area (Å²) in [6, 6.07) is 3.54. The van der Waals surface area contributed by atoms with Crippen LogP contribution < -0.4 is 5.32 Å². The van der Waals surface area contributed by atoms with Crippen LogP contribution in [0.4, 0.5) is 5.82 Å². The van der Waals surface area contributed by atoms with E-state index in [0.29, 0.717) is 11.5 Å². The van der Waals surface area contributed by atoms with E-state index in [0.717, 1.165) is 16.8 Å². The monoisotopic (exact) mass is 361 g/mol. The minimum atomic E-state index is -0.233. The lowest BCUT2D eigenvalue weighted by Gasteiger charge is -2.05. The highest BCUT2D eigenvalue weighted by atomic mass is 16.2. The Kier molecular flexibility index (Phi) is 4.35. The molecule has 10 nitrogen and oxygen atoms in total. The lowest BCUT2D eigenvalue weighted by Crippen LogP contribution is -2.19. The van der Waals surface area contributed by atoms with Crippen molar-refractivity contribution in [3.63, 3.8) is 0 Å². The third-order valence-electron chi connectivity index (χ3n) is 3.73. The summed E-state index contributed by atoms with van der Waals surface area (Å²) in [6.45, 7) is 0.0633. The molecule has 0 spiro atoms. The molecule has 0 aromatic carbocycles. The number of pyridine rings is 1. The number of amides is 1.